The lowest BCUT2D eigenvalue weighted by Gasteiger charge is -2.05. The molecular weight excluding hydrogens is 290 g/mol. The first-order chi connectivity index (χ1) is 9.97. The van der Waals surface area contributed by atoms with Crippen molar-refractivity contribution in [3.63, 3.8) is 0 Å². The highest BCUT2D eigenvalue weighted by molar-refractivity contribution is 7.89. The van der Waals surface area contributed by atoms with E-state index in [0.717, 1.165) is 11.5 Å². The summed E-state index contributed by atoms with van der Waals surface area (Å²) in [6.07, 6.45) is 5.39. The van der Waals surface area contributed by atoms with E-state index in [4.69, 9.17) is 0 Å². The lowest BCUT2D eigenvalue weighted by Crippen LogP contribution is -2.26. The molecular formula is C13H21N5O2S. The highest BCUT2D eigenvalue weighted by atomic mass is 32.2. The van der Waals surface area contributed by atoms with Crippen molar-refractivity contribution >= 4 is 10.0 Å². The molecule has 2 heterocycles. The molecule has 8 heteroatoms. The van der Waals surface area contributed by atoms with Crippen LogP contribution >= 0.6 is 0 Å². The van der Waals surface area contributed by atoms with Gasteiger partial charge in [-0.2, -0.15) is 0 Å². The van der Waals surface area contributed by atoms with Crippen LogP contribution in [0.5, 0.6) is 0 Å². The Morgan fingerprint density at radius 1 is 1.33 bits per heavy atom. The first kappa shape index (κ1) is 15.7. The Bertz CT molecular complexity index is 646. The fourth-order valence-corrected chi connectivity index (χ4v) is 2.86. The average Bonchev–Trinajstić information content (AvgIpc) is 3.07. The largest absolute Gasteiger partial charge is 0.363 e. The maximum absolute atomic E-state index is 12.1. The van der Waals surface area contributed by atoms with E-state index in [9.17, 15) is 8.42 Å². The van der Waals surface area contributed by atoms with E-state index in [0.29, 0.717) is 25.6 Å². The zero-order valence-corrected chi connectivity index (χ0v) is 13.0. The van der Waals surface area contributed by atoms with Gasteiger partial charge >= 0.3 is 0 Å². The lowest BCUT2D eigenvalue weighted by atomic mass is 10.3. The second-order valence-electron chi connectivity index (χ2n) is 5.08. The SMILES string of the molecule is CC(C)NCc1cc(S(=O)(=O)NCCc2ncc[nH]2)c[nH]1. The summed E-state index contributed by atoms with van der Waals surface area (Å²) in [7, 11) is -3.48. The van der Waals surface area contributed by atoms with Gasteiger partial charge in [0.05, 0.1) is 4.90 Å². The molecule has 0 aliphatic rings. The van der Waals surface area contributed by atoms with Crippen molar-refractivity contribution in [2.24, 2.45) is 0 Å². The first-order valence-electron chi connectivity index (χ1n) is 6.86. The monoisotopic (exact) mass is 311 g/mol. The number of aromatic nitrogens is 3. The van der Waals surface area contributed by atoms with E-state index in [2.05, 4.69) is 25.0 Å². The average molecular weight is 311 g/mol. The molecule has 0 fully saturated rings. The second-order valence-corrected chi connectivity index (χ2v) is 6.85. The summed E-state index contributed by atoms with van der Waals surface area (Å²) < 4.78 is 26.8. The number of aromatic amines is 2. The summed E-state index contributed by atoms with van der Waals surface area (Å²) in [4.78, 5) is 10.2. The number of H-pyrrole nitrogens is 2. The van der Waals surface area contributed by atoms with Crippen molar-refractivity contribution < 1.29 is 8.42 Å². The number of hydrogen-bond acceptors (Lipinski definition) is 4. The molecule has 7 nitrogen and oxygen atoms in total. The minimum Gasteiger partial charge on any atom is -0.363 e. The Balaban J connectivity index is 1.89. The Morgan fingerprint density at radius 2 is 2.14 bits per heavy atom. The molecule has 0 aliphatic heterocycles. The van der Waals surface area contributed by atoms with Crippen LogP contribution in [0.25, 0.3) is 0 Å². The van der Waals surface area contributed by atoms with E-state index in [1.807, 2.05) is 13.8 Å². The molecule has 21 heavy (non-hydrogen) atoms. The number of rotatable bonds is 8. The molecule has 4 N–H and O–H groups in total. The van der Waals surface area contributed by atoms with E-state index in [1.165, 1.54) is 6.20 Å². The van der Waals surface area contributed by atoms with E-state index in [1.54, 1.807) is 18.5 Å². The molecule has 0 radical (unpaired) electrons. The minimum absolute atomic E-state index is 0.252. The fourth-order valence-electron chi connectivity index (χ4n) is 1.81. The number of nitrogens with one attached hydrogen (secondary N) is 4. The van der Waals surface area contributed by atoms with Gasteiger partial charge in [-0.05, 0) is 6.07 Å². The van der Waals surface area contributed by atoms with Crippen molar-refractivity contribution in [1.29, 1.82) is 0 Å². The number of imidazole rings is 1. The molecule has 116 valence electrons. The van der Waals surface area contributed by atoms with Crippen molar-refractivity contribution in [3.8, 4) is 0 Å². The van der Waals surface area contributed by atoms with Crippen LogP contribution in [0.2, 0.25) is 0 Å². The summed E-state index contributed by atoms with van der Waals surface area (Å²) in [5.41, 5.74) is 0.843. The van der Waals surface area contributed by atoms with Gasteiger partial charge in [0.2, 0.25) is 10.0 Å². The van der Waals surface area contributed by atoms with Crippen molar-refractivity contribution in [1.82, 2.24) is 25.0 Å². The number of sulfonamides is 1. The van der Waals surface area contributed by atoms with Crippen molar-refractivity contribution in [2.75, 3.05) is 6.54 Å². The third kappa shape index (κ3) is 4.69. The molecule has 0 atom stereocenters. The highest BCUT2D eigenvalue weighted by Gasteiger charge is 2.15. The summed E-state index contributed by atoms with van der Waals surface area (Å²) >= 11 is 0. The topological polar surface area (TPSA) is 103 Å². The van der Waals surface area contributed by atoms with E-state index < -0.39 is 10.0 Å². The Hall–Kier alpha value is -1.64. The summed E-state index contributed by atoms with van der Waals surface area (Å²) in [5.74, 6) is 0.758. The quantitative estimate of drug-likeness (QED) is 0.578. The third-order valence-electron chi connectivity index (χ3n) is 2.94. The normalized spacial score (nSPS) is 12.1. The van der Waals surface area contributed by atoms with Gasteiger partial charge in [-0.3, -0.25) is 0 Å². The minimum atomic E-state index is -3.48. The molecule has 2 rings (SSSR count). The first-order valence-corrected chi connectivity index (χ1v) is 8.34. The summed E-state index contributed by atoms with van der Waals surface area (Å²) in [5, 5.41) is 3.23. The second kappa shape index (κ2) is 6.88. The third-order valence-corrected chi connectivity index (χ3v) is 4.38. The molecule has 0 saturated carbocycles. The molecule has 0 aromatic carbocycles. The van der Waals surface area contributed by atoms with Gasteiger partial charge in [-0.1, -0.05) is 13.8 Å². The van der Waals surface area contributed by atoms with Crippen molar-refractivity contribution in [2.45, 2.75) is 37.8 Å². The van der Waals surface area contributed by atoms with Crippen molar-refractivity contribution in [3.05, 3.63) is 36.2 Å². The van der Waals surface area contributed by atoms with Crippen LogP contribution < -0.4 is 10.0 Å². The number of nitrogens with zero attached hydrogens (tertiary/aromatic N) is 1. The molecule has 2 aromatic heterocycles. The zero-order chi connectivity index (χ0) is 15.3. The maximum Gasteiger partial charge on any atom is 0.242 e. The molecule has 0 unspecified atom stereocenters. The van der Waals surface area contributed by atoms with Gasteiger partial charge in [-0.15, -0.1) is 0 Å². The standard InChI is InChI=1S/C13H21N5O2S/c1-10(2)16-8-11-7-12(9-17-11)21(19,20)18-4-3-13-14-5-6-15-13/h5-7,9-10,16-18H,3-4,8H2,1-2H3,(H,14,15). The van der Waals surface area contributed by atoms with Gasteiger partial charge in [-0.25, -0.2) is 18.1 Å². The molecule has 0 aliphatic carbocycles. The van der Waals surface area contributed by atoms with E-state index >= 15 is 0 Å². The van der Waals surface area contributed by atoms with Crippen LogP contribution in [0.1, 0.15) is 25.4 Å². The maximum atomic E-state index is 12.1. The van der Waals surface area contributed by atoms with Crippen LogP contribution in [0, 0.1) is 0 Å². The van der Waals surface area contributed by atoms with Gasteiger partial charge in [0.25, 0.3) is 0 Å². The van der Waals surface area contributed by atoms with E-state index in [-0.39, 0.29) is 4.90 Å². The smallest absolute Gasteiger partial charge is 0.242 e. The van der Waals surface area contributed by atoms with Gasteiger partial charge in [0.1, 0.15) is 5.82 Å². The molecule has 2 aromatic rings. The molecule has 0 bridgehead atoms. The zero-order valence-electron chi connectivity index (χ0n) is 12.2. The van der Waals surface area contributed by atoms with Crippen LogP contribution in [0.3, 0.4) is 0 Å². The summed E-state index contributed by atoms with van der Waals surface area (Å²) in [6.45, 7) is 4.99. The van der Waals surface area contributed by atoms with Gasteiger partial charge < -0.3 is 15.3 Å². The molecule has 0 spiro atoms. The molecule has 0 amide bonds. The van der Waals surface area contributed by atoms with Crippen LogP contribution in [-0.4, -0.2) is 36.0 Å². The van der Waals surface area contributed by atoms with Gasteiger partial charge in [0, 0.05) is 49.8 Å². The Morgan fingerprint density at radius 3 is 2.81 bits per heavy atom. The predicted octanol–water partition coefficient (Wildman–Crippen LogP) is 0.757. The Kier molecular flexibility index (Phi) is 5.16. The van der Waals surface area contributed by atoms with Crippen LogP contribution in [0.15, 0.2) is 29.6 Å². The number of hydrogen-bond donors (Lipinski definition) is 4. The van der Waals surface area contributed by atoms with Crippen LogP contribution in [-0.2, 0) is 23.0 Å². The highest BCUT2D eigenvalue weighted by Crippen LogP contribution is 2.10. The van der Waals surface area contributed by atoms with Gasteiger partial charge in [0.15, 0.2) is 0 Å². The molecule has 0 saturated heterocycles. The predicted molar refractivity (Wildman–Crippen MR) is 80.2 cm³/mol. The fraction of sp³-hybridized carbons (Fsp3) is 0.462. The summed E-state index contributed by atoms with van der Waals surface area (Å²) in [6, 6.07) is 1.99. The Labute approximate surface area is 124 Å². The van der Waals surface area contributed by atoms with Crippen LogP contribution in [0.4, 0.5) is 0 Å². The lowest BCUT2D eigenvalue weighted by molar-refractivity contribution is 0.580.